The van der Waals surface area contributed by atoms with E-state index in [1.165, 1.54) is 0 Å². The average molecular weight is 237 g/mol. The van der Waals surface area contributed by atoms with Gasteiger partial charge < -0.3 is 10.3 Å². The van der Waals surface area contributed by atoms with Crippen molar-refractivity contribution in [1.82, 2.24) is 15.1 Å². The fraction of sp³-hybridized carbons (Fsp3) is 0.545. The first-order valence-corrected chi connectivity index (χ1v) is 5.67. The summed E-state index contributed by atoms with van der Waals surface area (Å²) in [6.07, 6.45) is 2.01. The Morgan fingerprint density at radius 3 is 2.71 bits per heavy atom. The van der Waals surface area contributed by atoms with Crippen molar-refractivity contribution in [2.45, 2.75) is 32.7 Å². The number of hydrogen-bond donors (Lipinski definition) is 2. The zero-order chi connectivity index (χ0) is 12.8. The maximum absolute atomic E-state index is 12.0. The first kappa shape index (κ1) is 13.4. The molecule has 94 valence electrons. The second-order valence-electron chi connectivity index (χ2n) is 4.00. The third-order valence-corrected chi connectivity index (χ3v) is 2.72. The van der Waals surface area contributed by atoms with Gasteiger partial charge >= 0.3 is 0 Å². The smallest absolute Gasteiger partial charge is 0.274 e. The Labute approximate surface area is 101 Å². The number of nitrogens with two attached hydrogens (primary N) is 1. The van der Waals surface area contributed by atoms with E-state index < -0.39 is 0 Å². The summed E-state index contributed by atoms with van der Waals surface area (Å²) in [6, 6.07) is 3.43. The number of anilines is 1. The SMILES string of the molecule is CCCC(C)N(C)C(=O)c1ccc(NN)nn1. The third-order valence-electron chi connectivity index (χ3n) is 2.72. The summed E-state index contributed by atoms with van der Waals surface area (Å²) >= 11 is 0. The molecular formula is C11H19N5O. The van der Waals surface area contributed by atoms with Crippen LogP contribution in [-0.4, -0.2) is 34.1 Å². The molecule has 0 aliphatic heterocycles. The van der Waals surface area contributed by atoms with Crippen molar-refractivity contribution < 1.29 is 4.79 Å². The van der Waals surface area contributed by atoms with Gasteiger partial charge in [-0.05, 0) is 25.5 Å². The number of hydrazine groups is 1. The summed E-state index contributed by atoms with van der Waals surface area (Å²) in [5.41, 5.74) is 2.70. The predicted molar refractivity (Wildman–Crippen MR) is 66.3 cm³/mol. The highest BCUT2D eigenvalue weighted by Crippen LogP contribution is 2.09. The van der Waals surface area contributed by atoms with Crippen LogP contribution < -0.4 is 11.3 Å². The van der Waals surface area contributed by atoms with Gasteiger partial charge in [-0.3, -0.25) is 4.79 Å². The predicted octanol–water partition coefficient (Wildman–Crippen LogP) is 1.02. The zero-order valence-corrected chi connectivity index (χ0v) is 10.5. The van der Waals surface area contributed by atoms with Gasteiger partial charge in [0.1, 0.15) is 0 Å². The lowest BCUT2D eigenvalue weighted by molar-refractivity contribution is 0.0729. The van der Waals surface area contributed by atoms with E-state index in [1.807, 2.05) is 6.92 Å². The normalized spacial score (nSPS) is 12.0. The number of hydrogen-bond acceptors (Lipinski definition) is 5. The van der Waals surface area contributed by atoms with E-state index in [4.69, 9.17) is 5.84 Å². The molecule has 0 radical (unpaired) electrons. The molecule has 1 aromatic heterocycles. The second-order valence-corrected chi connectivity index (χ2v) is 4.00. The van der Waals surface area contributed by atoms with Crippen LogP contribution in [0.4, 0.5) is 5.82 Å². The molecule has 0 aliphatic carbocycles. The Morgan fingerprint density at radius 2 is 2.24 bits per heavy atom. The number of nitrogens with one attached hydrogen (secondary N) is 1. The Morgan fingerprint density at radius 1 is 1.53 bits per heavy atom. The molecule has 0 saturated heterocycles. The van der Waals surface area contributed by atoms with Gasteiger partial charge in [-0.25, -0.2) is 5.84 Å². The summed E-state index contributed by atoms with van der Waals surface area (Å²) < 4.78 is 0. The van der Waals surface area contributed by atoms with Crippen LogP contribution in [0.15, 0.2) is 12.1 Å². The summed E-state index contributed by atoms with van der Waals surface area (Å²) in [6.45, 7) is 4.11. The lowest BCUT2D eigenvalue weighted by Gasteiger charge is -2.24. The largest absolute Gasteiger partial charge is 0.338 e. The first-order valence-electron chi connectivity index (χ1n) is 5.67. The first-order chi connectivity index (χ1) is 8.10. The van der Waals surface area contributed by atoms with Crippen molar-refractivity contribution in [3.63, 3.8) is 0 Å². The number of aromatic nitrogens is 2. The van der Waals surface area contributed by atoms with Crippen molar-refractivity contribution in [3.8, 4) is 0 Å². The number of nitrogen functional groups attached to an aromatic ring is 1. The van der Waals surface area contributed by atoms with Crippen LogP contribution in [0.25, 0.3) is 0 Å². The maximum Gasteiger partial charge on any atom is 0.274 e. The van der Waals surface area contributed by atoms with E-state index in [9.17, 15) is 4.79 Å². The van der Waals surface area contributed by atoms with E-state index >= 15 is 0 Å². The van der Waals surface area contributed by atoms with Gasteiger partial charge in [0.2, 0.25) is 0 Å². The minimum absolute atomic E-state index is 0.123. The molecule has 17 heavy (non-hydrogen) atoms. The van der Waals surface area contributed by atoms with Crippen molar-refractivity contribution in [1.29, 1.82) is 0 Å². The standard InChI is InChI=1S/C11H19N5O/c1-4-5-8(2)16(3)11(17)9-6-7-10(13-12)15-14-9/h6-8H,4-5,12H2,1-3H3,(H,13,15). The lowest BCUT2D eigenvalue weighted by Crippen LogP contribution is -2.35. The molecule has 1 aromatic rings. The highest BCUT2D eigenvalue weighted by atomic mass is 16.2. The molecule has 0 spiro atoms. The van der Waals surface area contributed by atoms with E-state index in [-0.39, 0.29) is 11.9 Å². The van der Waals surface area contributed by atoms with Crippen molar-refractivity contribution in [3.05, 3.63) is 17.8 Å². The highest BCUT2D eigenvalue weighted by Gasteiger charge is 2.18. The summed E-state index contributed by atoms with van der Waals surface area (Å²) in [7, 11) is 1.78. The molecule has 6 nitrogen and oxygen atoms in total. The molecule has 1 unspecified atom stereocenters. The summed E-state index contributed by atoms with van der Waals surface area (Å²) in [5.74, 6) is 5.49. The van der Waals surface area contributed by atoms with Gasteiger partial charge in [0.05, 0.1) is 0 Å². The molecule has 1 atom stereocenters. The number of carbonyl (C=O) groups excluding carboxylic acids is 1. The fourth-order valence-electron chi connectivity index (χ4n) is 1.52. The van der Waals surface area contributed by atoms with Gasteiger partial charge in [0.25, 0.3) is 5.91 Å². The second kappa shape index (κ2) is 6.15. The minimum Gasteiger partial charge on any atom is -0.338 e. The van der Waals surface area contributed by atoms with E-state index in [2.05, 4.69) is 22.5 Å². The summed E-state index contributed by atoms with van der Waals surface area (Å²) in [5, 5.41) is 7.60. The van der Waals surface area contributed by atoms with E-state index in [0.717, 1.165) is 12.8 Å². The minimum atomic E-state index is -0.123. The van der Waals surface area contributed by atoms with Crippen LogP contribution in [0.1, 0.15) is 37.2 Å². The van der Waals surface area contributed by atoms with Crippen LogP contribution in [0.2, 0.25) is 0 Å². The third kappa shape index (κ3) is 3.39. The molecule has 1 amide bonds. The van der Waals surface area contributed by atoms with Gasteiger partial charge in [-0.1, -0.05) is 13.3 Å². The van der Waals surface area contributed by atoms with E-state index in [0.29, 0.717) is 11.5 Å². The maximum atomic E-state index is 12.0. The topological polar surface area (TPSA) is 84.1 Å². The summed E-state index contributed by atoms with van der Waals surface area (Å²) in [4.78, 5) is 13.7. The Kier molecular flexibility index (Phi) is 4.84. The molecular weight excluding hydrogens is 218 g/mol. The average Bonchev–Trinajstić information content (AvgIpc) is 2.37. The number of rotatable bonds is 5. The molecule has 0 saturated carbocycles. The monoisotopic (exact) mass is 237 g/mol. The van der Waals surface area contributed by atoms with Crippen LogP contribution >= 0.6 is 0 Å². The van der Waals surface area contributed by atoms with Crippen LogP contribution in [0.3, 0.4) is 0 Å². The quantitative estimate of drug-likeness (QED) is 0.590. The fourth-order valence-corrected chi connectivity index (χ4v) is 1.52. The molecule has 3 N–H and O–H groups in total. The number of nitrogens with zero attached hydrogens (tertiary/aromatic N) is 3. The van der Waals surface area contributed by atoms with Crippen LogP contribution in [0.5, 0.6) is 0 Å². The molecule has 0 fully saturated rings. The Hall–Kier alpha value is -1.69. The van der Waals surface area contributed by atoms with E-state index in [1.54, 1.807) is 24.1 Å². The molecule has 0 bridgehead atoms. The van der Waals surface area contributed by atoms with Gasteiger partial charge in [0, 0.05) is 13.1 Å². The molecule has 1 rings (SSSR count). The Bertz CT molecular complexity index is 365. The van der Waals surface area contributed by atoms with Crippen molar-refractivity contribution in [2.75, 3.05) is 12.5 Å². The highest BCUT2D eigenvalue weighted by molar-refractivity contribution is 5.92. The molecule has 0 aliphatic rings. The molecule has 0 aromatic carbocycles. The van der Waals surface area contributed by atoms with Gasteiger partial charge in [-0.15, -0.1) is 10.2 Å². The lowest BCUT2D eigenvalue weighted by atomic mass is 10.1. The van der Waals surface area contributed by atoms with Crippen LogP contribution in [-0.2, 0) is 0 Å². The van der Waals surface area contributed by atoms with Crippen molar-refractivity contribution >= 4 is 11.7 Å². The van der Waals surface area contributed by atoms with Gasteiger partial charge in [0.15, 0.2) is 11.5 Å². The number of carbonyl (C=O) groups is 1. The van der Waals surface area contributed by atoms with Gasteiger partial charge in [-0.2, -0.15) is 0 Å². The zero-order valence-electron chi connectivity index (χ0n) is 10.5. The Balaban J connectivity index is 2.74. The van der Waals surface area contributed by atoms with Crippen LogP contribution in [0, 0.1) is 0 Å². The molecule has 1 heterocycles. The van der Waals surface area contributed by atoms with Crippen molar-refractivity contribution in [2.24, 2.45) is 5.84 Å². The number of amides is 1. The molecule has 6 heteroatoms.